The first-order valence-corrected chi connectivity index (χ1v) is 3.24. The van der Waals surface area contributed by atoms with E-state index in [1.807, 2.05) is 0 Å². The third-order valence-electron chi connectivity index (χ3n) is 0.556. The fourth-order valence-electron chi connectivity index (χ4n) is 0. The van der Waals surface area contributed by atoms with Crippen molar-refractivity contribution in [1.82, 2.24) is 0 Å². The summed E-state index contributed by atoms with van der Waals surface area (Å²) in [5.41, 5.74) is 9.50. The van der Waals surface area contributed by atoms with Gasteiger partial charge in [-0.1, -0.05) is 0 Å². The summed E-state index contributed by atoms with van der Waals surface area (Å²) >= 11 is 0. The largest absolute Gasteiger partial charge is 0.299 e. The molecule has 0 aromatic rings. The summed E-state index contributed by atoms with van der Waals surface area (Å²) in [7, 11) is -4.28. The second-order valence-electron chi connectivity index (χ2n) is 1.66. The van der Waals surface area contributed by atoms with Gasteiger partial charge >= 0.3 is 0 Å². The number of hydrogen-bond acceptors (Lipinski definition) is 4. The maximum atomic E-state index is 9.96. The zero-order chi connectivity index (χ0) is 7.00. The summed E-state index contributed by atoms with van der Waals surface area (Å²) in [6.45, 7) is 0.988. The molecule has 1 radical (unpaired) electrons. The normalized spacial score (nSPS) is 12.4. The molecule has 0 bridgehead atoms. The number of hydrogen-bond donors (Lipinski definition) is 3. The predicted molar refractivity (Wildman–Crippen MR) is 34.1 cm³/mol. The van der Waals surface area contributed by atoms with E-state index >= 15 is 0 Å². The van der Waals surface area contributed by atoms with E-state index in [9.17, 15) is 8.42 Å². The summed E-state index contributed by atoms with van der Waals surface area (Å²) in [6.07, 6.45) is 0. The fraction of sp³-hybridized carbons (Fsp3) is 1.00. The molecule has 0 atom stereocenters. The van der Waals surface area contributed by atoms with Crippen LogP contribution in [0.2, 0.25) is 0 Å². The second kappa shape index (κ2) is 3.29. The molecule has 0 saturated heterocycles. The van der Waals surface area contributed by atoms with Gasteiger partial charge in [0, 0.05) is 29.6 Å². The molecule has 0 heterocycles. The van der Waals surface area contributed by atoms with Crippen molar-refractivity contribution in [2.45, 2.75) is 11.9 Å². The van der Waals surface area contributed by atoms with Gasteiger partial charge in [0.15, 0.2) is 4.99 Å². The zero-order valence-electron chi connectivity index (χ0n) is 5.33. The fourth-order valence-corrected chi connectivity index (χ4v) is 0. The first-order chi connectivity index (χ1) is 3.25. The first-order valence-electron chi connectivity index (χ1n) is 1.80. The number of rotatable bonds is 1. The van der Waals surface area contributed by atoms with Crippen LogP contribution in [0, 0.1) is 0 Å². The molecule has 0 amide bonds. The Kier molecular flexibility index (Phi) is 4.57. The molecule has 0 spiro atoms. The van der Waals surface area contributed by atoms with Crippen LogP contribution in [-0.2, 0) is 10.1 Å². The van der Waals surface area contributed by atoms with Crippen LogP contribution >= 0.6 is 0 Å². The van der Waals surface area contributed by atoms with Gasteiger partial charge in [0.05, 0.1) is 0 Å². The molecule has 0 unspecified atom stereocenters. The van der Waals surface area contributed by atoms with Gasteiger partial charge in [0.25, 0.3) is 10.1 Å². The molecule has 0 aliphatic carbocycles. The van der Waals surface area contributed by atoms with Gasteiger partial charge in [-0.2, -0.15) is 8.42 Å². The van der Waals surface area contributed by atoms with Gasteiger partial charge < -0.3 is 0 Å². The van der Waals surface area contributed by atoms with Crippen molar-refractivity contribution < 1.29 is 13.0 Å². The maximum absolute atomic E-state index is 9.96. The van der Waals surface area contributed by atoms with E-state index in [2.05, 4.69) is 0 Å². The van der Waals surface area contributed by atoms with Crippen molar-refractivity contribution in [3.05, 3.63) is 0 Å². The van der Waals surface area contributed by atoms with Crippen LogP contribution in [0.3, 0.4) is 0 Å². The Hall–Kier alpha value is 0.830. The molecule has 0 saturated carbocycles. The Bertz CT molecular complexity index is 169. The molecular formula is C2H8N2NaO3S. The van der Waals surface area contributed by atoms with E-state index in [1.54, 1.807) is 0 Å². The molecule has 0 fully saturated rings. The van der Waals surface area contributed by atoms with Crippen LogP contribution in [0.4, 0.5) is 0 Å². The molecule has 9 heavy (non-hydrogen) atoms. The van der Waals surface area contributed by atoms with Crippen LogP contribution in [0.5, 0.6) is 0 Å². The molecule has 0 aromatic carbocycles. The molecule has 0 aromatic heterocycles. The van der Waals surface area contributed by atoms with Crippen LogP contribution < -0.4 is 11.5 Å². The Morgan fingerprint density at radius 2 is 1.56 bits per heavy atom. The maximum Gasteiger partial charge on any atom is 0.297 e. The van der Waals surface area contributed by atoms with Crippen molar-refractivity contribution >= 4 is 39.7 Å². The predicted octanol–water partition coefficient (Wildman–Crippen LogP) is -1.92. The van der Waals surface area contributed by atoms with Crippen LogP contribution in [0.15, 0.2) is 0 Å². The third kappa shape index (κ3) is 4.26. The van der Waals surface area contributed by atoms with E-state index in [-0.39, 0.29) is 29.6 Å². The zero-order valence-corrected chi connectivity index (χ0v) is 8.14. The SMILES string of the molecule is CC(N)(N)S(=O)(=O)O.[Na]. The van der Waals surface area contributed by atoms with Crippen molar-refractivity contribution in [2.75, 3.05) is 0 Å². The summed E-state index contributed by atoms with van der Waals surface area (Å²) < 4.78 is 28.0. The Morgan fingerprint density at radius 1 is 1.44 bits per heavy atom. The van der Waals surface area contributed by atoms with Crippen molar-refractivity contribution in [1.29, 1.82) is 0 Å². The van der Waals surface area contributed by atoms with Crippen molar-refractivity contribution in [3.8, 4) is 0 Å². The minimum Gasteiger partial charge on any atom is -0.299 e. The van der Waals surface area contributed by atoms with Crippen LogP contribution in [0.1, 0.15) is 6.92 Å². The van der Waals surface area contributed by atoms with E-state index in [0.29, 0.717) is 0 Å². The Morgan fingerprint density at radius 3 is 1.56 bits per heavy atom. The topological polar surface area (TPSA) is 106 Å². The van der Waals surface area contributed by atoms with Crippen LogP contribution in [0.25, 0.3) is 0 Å². The van der Waals surface area contributed by atoms with Gasteiger partial charge in [-0.15, -0.1) is 0 Å². The molecule has 0 aliphatic heterocycles. The Labute approximate surface area is 75.8 Å². The average Bonchev–Trinajstić information content (AvgIpc) is 1.25. The van der Waals surface area contributed by atoms with E-state index in [0.717, 1.165) is 6.92 Å². The van der Waals surface area contributed by atoms with E-state index < -0.39 is 15.1 Å². The molecular weight excluding hydrogens is 155 g/mol. The number of nitrogens with two attached hydrogens (primary N) is 2. The van der Waals surface area contributed by atoms with E-state index in [1.165, 1.54) is 0 Å². The Balaban J connectivity index is 0. The van der Waals surface area contributed by atoms with Gasteiger partial charge in [0.1, 0.15) is 0 Å². The quantitative estimate of drug-likeness (QED) is 0.237. The first kappa shape index (κ1) is 12.5. The van der Waals surface area contributed by atoms with Gasteiger partial charge in [-0.05, 0) is 6.92 Å². The molecule has 7 heteroatoms. The van der Waals surface area contributed by atoms with Gasteiger partial charge in [0.2, 0.25) is 0 Å². The summed E-state index contributed by atoms with van der Waals surface area (Å²) in [6, 6.07) is 0. The van der Waals surface area contributed by atoms with Crippen molar-refractivity contribution in [2.24, 2.45) is 11.5 Å². The molecule has 0 aliphatic rings. The second-order valence-corrected chi connectivity index (χ2v) is 3.49. The molecule has 0 rings (SSSR count). The summed E-state index contributed by atoms with van der Waals surface area (Å²) in [5.74, 6) is 0. The smallest absolute Gasteiger partial charge is 0.297 e. The molecule has 51 valence electrons. The van der Waals surface area contributed by atoms with Gasteiger partial charge in [-0.3, -0.25) is 16.0 Å². The van der Waals surface area contributed by atoms with Crippen LogP contribution in [-0.4, -0.2) is 47.5 Å². The third-order valence-corrected chi connectivity index (χ3v) is 1.67. The molecule has 5 nitrogen and oxygen atoms in total. The minimum absolute atomic E-state index is 0. The minimum atomic E-state index is -4.28. The standard InChI is InChI=1S/C2H8N2O3S.Na/c1-2(3,4)8(5,6)7;/h3-4H2,1H3,(H,5,6,7);. The summed E-state index contributed by atoms with van der Waals surface area (Å²) in [4.78, 5) is -2.03. The van der Waals surface area contributed by atoms with Crippen molar-refractivity contribution in [3.63, 3.8) is 0 Å². The van der Waals surface area contributed by atoms with Gasteiger partial charge in [-0.25, -0.2) is 0 Å². The van der Waals surface area contributed by atoms with E-state index in [4.69, 9.17) is 16.0 Å². The molecule has 5 N–H and O–H groups in total. The summed E-state index contributed by atoms with van der Waals surface area (Å²) in [5, 5.41) is 0. The monoisotopic (exact) mass is 163 g/mol. The average molecular weight is 163 g/mol.